The third-order valence-corrected chi connectivity index (χ3v) is 12.7. The average Bonchev–Trinajstić information content (AvgIpc) is 3.30. The Hall–Kier alpha value is -1.26. The minimum atomic E-state index is -0.337. The van der Waals surface area contributed by atoms with Crippen LogP contribution in [0.2, 0.25) is 0 Å². The van der Waals surface area contributed by atoms with E-state index in [1.807, 2.05) is 0 Å². The first-order chi connectivity index (χ1) is 32.0. The fourth-order valence-electron chi connectivity index (χ4n) is 8.33. The Bertz CT molecular complexity index is 929. The zero-order valence-electron chi connectivity index (χ0n) is 43.8. The number of hydrogen-bond donors (Lipinski definition) is 1. The summed E-state index contributed by atoms with van der Waals surface area (Å²) in [5, 5.41) is 9.33. The first kappa shape index (κ1) is 63.7. The van der Waals surface area contributed by atoms with Crippen molar-refractivity contribution in [3.05, 3.63) is 0 Å². The fourth-order valence-corrected chi connectivity index (χ4v) is 8.33. The molecule has 0 rings (SSSR count). The summed E-state index contributed by atoms with van der Waals surface area (Å²) in [7, 11) is 0. The summed E-state index contributed by atoms with van der Waals surface area (Å²) in [5.74, 6) is -0.279. The lowest BCUT2D eigenvalue weighted by Crippen LogP contribution is -2.27. The Kier molecular flexibility index (Phi) is 52.7. The molecule has 0 heterocycles. The molecule has 1 unspecified atom stereocenters. The van der Waals surface area contributed by atoms with E-state index in [0.29, 0.717) is 52.1 Å². The van der Waals surface area contributed by atoms with Crippen molar-refractivity contribution in [1.29, 1.82) is 0 Å². The van der Waals surface area contributed by atoms with Crippen LogP contribution in [0.15, 0.2) is 0 Å². The number of rotatable bonds is 55. The van der Waals surface area contributed by atoms with E-state index >= 15 is 0 Å². The molecular weight excluding hydrogens is 815 g/mol. The Labute approximate surface area is 403 Å². The van der Waals surface area contributed by atoms with Gasteiger partial charge < -0.3 is 33.7 Å². The summed E-state index contributed by atoms with van der Waals surface area (Å²) in [6, 6.07) is 0. The third-order valence-electron chi connectivity index (χ3n) is 12.7. The highest BCUT2D eigenvalue weighted by atomic mass is 16.7. The highest BCUT2D eigenvalue weighted by molar-refractivity contribution is 5.69. The van der Waals surface area contributed by atoms with Gasteiger partial charge in [-0.1, -0.05) is 175 Å². The smallest absolute Gasteiger partial charge is 0.305 e. The van der Waals surface area contributed by atoms with Crippen LogP contribution in [0.25, 0.3) is 0 Å². The normalized spacial score (nSPS) is 12.2. The van der Waals surface area contributed by atoms with Crippen LogP contribution in [-0.2, 0) is 33.3 Å². The van der Waals surface area contributed by atoms with Crippen LogP contribution in [0.4, 0.5) is 0 Å². The number of esters is 2. The number of carbonyl (C=O) groups excluding carboxylic acids is 2. The molecule has 9 heteroatoms. The van der Waals surface area contributed by atoms with E-state index in [9.17, 15) is 14.7 Å². The molecule has 9 nitrogen and oxygen atoms in total. The molecular formula is C56H111NO8. The maximum Gasteiger partial charge on any atom is 0.305 e. The van der Waals surface area contributed by atoms with Gasteiger partial charge >= 0.3 is 11.9 Å². The van der Waals surface area contributed by atoms with Crippen LogP contribution in [0.5, 0.6) is 0 Å². The molecule has 0 aromatic heterocycles. The SMILES string of the molecule is CCCCCCCCCCCOC(C)CCC(=O)OCCCCCN(CCCCO)CCCCCOC(=O)CCC(OCCCCCCCCCCC)OCCCCCCCCCCC. The molecule has 0 aliphatic carbocycles. The summed E-state index contributed by atoms with van der Waals surface area (Å²) in [4.78, 5) is 27.5. The highest BCUT2D eigenvalue weighted by Crippen LogP contribution is 2.15. The van der Waals surface area contributed by atoms with Gasteiger partial charge in [0.15, 0.2) is 6.29 Å². The maximum absolute atomic E-state index is 12.7. The Balaban J connectivity index is 4.25. The molecule has 65 heavy (non-hydrogen) atoms. The quantitative estimate of drug-likeness (QED) is 0.0363. The molecule has 0 radical (unpaired) electrons. The van der Waals surface area contributed by atoms with Gasteiger partial charge in [-0.05, 0) is 104 Å². The second-order valence-corrected chi connectivity index (χ2v) is 19.2. The monoisotopic (exact) mass is 926 g/mol. The van der Waals surface area contributed by atoms with Crippen molar-refractivity contribution < 1.29 is 38.4 Å². The van der Waals surface area contributed by atoms with Crippen LogP contribution < -0.4 is 0 Å². The zero-order chi connectivity index (χ0) is 47.4. The molecule has 0 saturated carbocycles. The Morgan fingerprint density at radius 3 is 1.08 bits per heavy atom. The second-order valence-electron chi connectivity index (χ2n) is 19.2. The molecule has 0 aromatic carbocycles. The number of nitrogens with zero attached hydrogens (tertiary/aromatic N) is 1. The van der Waals surface area contributed by atoms with Gasteiger partial charge in [0.2, 0.25) is 0 Å². The Morgan fingerprint density at radius 2 is 0.692 bits per heavy atom. The van der Waals surface area contributed by atoms with Gasteiger partial charge in [0.1, 0.15) is 0 Å². The highest BCUT2D eigenvalue weighted by Gasteiger charge is 2.14. The first-order valence-electron chi connectivity index (χ1n) is 28.5. The second kappa shape index (κ2) is 53.7. The van der Waals surface area contributed by atoms with Crippen LogP contribution in [-0.4, -0.2) is 93.6 Å². The maximum atomic E-state index is 12.7. The molecule has 0 amide bonds. The first-order valence-corrected chi connectivity index (χ1v) is 28.5. The predicted octanol–water partition coefficient (Wildman–Crippen LogP) is 15.4. The summed E-state index contributed by atoms with van der Waals surface area (Å²) in [6.45, 7) is 15.2. The van der Waals surface area contributed by atoms with E-state index in [1.54, 1.807) is 0 Å². The van der Waals surface area contributed by atoms with Gasteiger partial charge in [0, 0.05) is 39.3 Å². The number of ether oxygens (including phenoxy) is 5. The van der Waals surface area contributed by atoms with Crippen LogP contribution >= 0.6 is 0 Å². The number of aliphatic hydroxyl groups is 1. The lowest BCUT2D eigenvalue weighted by atomic mass is 10.1. The van der Waals surface area contributed by atoms with Gasteiger partial charge in [-0.3, -0.25) is 9.59 Å². The molecule has 0 fully saturated rings. The van der Waals surface area contributed by atoms with E-state index in [1.165, 1.54) is 154 Å². The van der Waals surface area contributed by atoms with E-state index in [-0.39, 0.29) is 30.9 Å². The van der Waals surface area contributed by atoms with Crippen molar-refractivity contribution in [1.82, 2.24) is 4.90 Å². The van der Waals surface area contributed by atoms with E-state index < -0.39 is 0 Å². The summed E-state index contributed by atoms with van der Waals surface area (Å²) in [5.41, 5.74) is 0. The predicted molar refractivity (Wildman–Crippen MR) is 274 cm³/mol. The lowest BCUT2D eigenvalue weighted by molar-refractivity contribution is -0.159. The van der Waals surface area contributed by atoms with Crippen molar-refractivity contribution in [3.8, 4) is 0 Å². The topological polar surface area (TPSA) is 104 Å². The van der Waals surface area contributed by atoms with Gasteiger partial charge in [-0.15, -0.1) is 0 Å². The molecule has 1 atom stereocenters. The molecule has 0 aliphatic rings. The molecule has 388 valence electrons. The summed E-state index contributed by atoms with van der Waals surface area (Å²) in [6.07, 6.45) is 44.3. The summed E-state index contributed by atoms with van der Waals surface area (Å²) < 4.78 is 29.5. The van der Waals surface area contributed by atoms with E-state index in [2.05, 4.69) is 32.6 Å². The van der Waals surface area contributed by atoms with Crippen molar-refractivity contribution in [2.45, 2.75) is 291 Å². The number of carbonyl (C=O) groups is 2. The molecule has 0 saturated heterocycles. The summed E-state index contributed by atoms with van der Waals surface area (Å²) >= 11 is 0. The standard InChI is InChI=1S/C56H111NO8/c1-5-8-11-14-17-20-23-26-35-48-61-53(4)40-41-54(59)62-49-38-29-31-44-57(46-33-34-47-58)45-32-30-39-50-63-55(60)42-43-56(64-51-36-27-24-21-18-15-12-9-6-2)65-52-37-28-25-22-19-16-13-10-7-3/h53,56,58H,5-52H2,1-4H3. The third kappa shape index (κ3) is 50.4. The van der Waals surface area contributed by atoms with E-state index in [4.69, 9.17) is 23.7 Å². The van der Waals surface area contributed by atoms with Gasteiger partial charge in [-0.25, -0.2) is 0 Å². The van der Waals surface area contributed by atoms with Gasteiger partial charge in [-0.2, -0.15) is 0 Å². The van der Waals surface area contributed by atoms with Crippen LogP contribution in [0, 0.1) is 0 Å². The lowest BCUT2D eigenvalue weighted by Gasteiger charge is -2.22. The van der Waals surface area contributed by atoms with Gasteiger partial charge in [0.05, 0.1) is 25.7 Å². The molecule has 0 bridgehead atoms. The number of hydrogen-bond acceptors (Lipinski definition) is 9. The van der Waals surface area contributed by atoms with Gasteiger partial charge in [0.25, 0.3) is 0 Å². The molecule has 0 aliphatic heterocycles. The largest absolute Gasteiger partial charge is 0.466 e. The van der Waals surface area contributed by atoms with Crippen molar-refractivity contribution in [2.24, 2.45) is 0 Å². The molecule has 1 N–H and O–H groups in total. The molecule has 0 spiro atoms. The van der Waals surface area contributed by atoms with Crippen LogP contribution in [0.1, 0.15) is 278 Å². The fraction of sp³-hybridized carbons (Fsp3) is 0.964. The number of unbranched alkanes of at least 4 members (excludes halogenated alkanes) is 29. The zero-order valence-corrected chi connectivity index (χ0v) is 43.8. The van der Waals surface area contributed by atoms with Crippen molar-refractivity contribution in [2.75, 3.05) is 59.3 Å². The van der Waals surface area contributed by atoms with Crippen LogP contribution in [0.3, 0.4) is 0 Å². The van der Waals surface area contributed by atoms with Crippen molar-refractivity contribution in [3.63, 3.8) is 0 Å². The Morgan fingerprint density at radius 1 is 0.385 bits per heavy atom. The minimum absolute atomic E-state index is 0.0882. The average molecular weight is 927 g/mol. The number of aliphatic hydroxyl groups excluding tert-OH is 1. The van der Waals surface area contributed by atoms with E-state index in [0.717, 1.165) is 96.9 Å². The minimum Gasteiger partial charge on any atom is -0.466 e. The van der Waals surface area contributed by atoms with Crippen molar-refractivity contribution >= 4 is 11.9 Å². The molecule has 0 aromatic rings.